The predicted molar refractivity (Wildman–Crippen MR) is 126 cm³/mol. The zero-order valence-electron chi connectivity index (χ0n) is 17.1. The first-order valence-corrected chi connectivity index (χ1v) is 10.6. The van der Waals surface area contributed by atoms with Gasteiger partial charge in [-0.3, -0.25) is 18.4 Å². The zero-order chi connectivity index (χ0) is 22.9. The maximum absolute atomic E-state index is 13.8. The molecule has 0 fully saturated rings. The van der Waals surface area contributed by atoms with Crippen LogP contribution in [-0.4, -0.2) is 18.8 Å². The molecular weight excluding hydrogens is 438 g/mol. The van der Waals surface area contributed by atoms with Crippen molar-refractivity contribution in [1.82, 2.24) is 18.8 Å². The number of pyridine rings is 2. The van der Waals surface area contributed by atoms with Crippen LogP contribution in [0.15, 0.2) is 70.3 Å². The first kappa shape index (κ1) is 17.8. The van der Waals surface area contributed by atoms with Crippen LogP contribution >= 0.6 is 0 Å². The fourth-order valence-corrected chi connectivity index (χ4v) is 5.34. The summed E-state index contributed by atoms with van der Waals surface area (Å²) in [4.78, 5) is 36.2. The van der Waals surface area contributed by atoms with E-state index in [1.165, 1.54) is 45.2 Å². The van der Waals surface area contributed by atoms with Crippen molar-refractivity contribution in [1.29, 1.82) is 0 Å². The van der Waals surface area contributed by atoms with Crippen molar-refractivity contribution in [3.8, 4) is 0 Å². The lowest BCUT2D eigenvalue weighted by molar-refractivity contribution is 0.629. The van der Waals surface area contributed by atoms with Crippen molar-refractivity contribution in [3.63, 3.8) is 0 Å². The Labute approximate surface area is 186 Å². The number of imidazole rings is 2. The van der Waals surface area contributed by atoms with Crippen molar-refractivity contribution in [2.75, 3.05) is 0 Å². The van der Waals surface area contributed by atoms with Crippen molar-refractivity contribution >= 4 is 65.7 Å². The zero-order valence-corrected chi connectivity index (χ0v) is 17.1. The van der Waals surface area contributed by atoms with Crippen LogP contribution in [0.1, 0.15) is 0 Å². The van der Waals surface area contributed by atoms with Crippen molar-refractivity contribution < 1.29 is 8.78 Å². The Morgan fingerprint density at radius 2 is 0.971 bits per heavy atom. The first-order valence-electron chi connectivity index (χ1n) is 10.6. The van der Waals surface area contributed by atoms with E-state index in [4.69, 9.17) is 0 Å². The standard InChI is InChI=1S/C26H10F2N4O2/c27-11-1-7-19-17(9-11)29-23-13-3-6-16-22-14(4-5-15(21(13)22)25(33)31(19)23)24-30-18-10-12(28)2-8-20(18)32(24)26(16)34/h1-10H. The van der Waals surface area contributed by atoms with E-state index in [1.807, 2.05) is 0 Å². The van der Waals surface area contributed by atoms with Crippen LogP contribution in [0.2, 0.25) is 0 Å². The Morgan fingerprint density at radius 3 is 1.41 bits per heavy atom. The molecule has 0 saturated carbocycles. The average Bonchev–Trinajstić information content (AvgIpc) is 3.39. The summed E-state index contributed by atoms with van der Waals surface area (Å²) in [5.41, 5.74) is 1.98. The van der Waals surface area contributed by atoms with Crippen LogP contribution in [0.4, 0.5) is 8.78 Å². The fraction of sp³-hybridized carbons (Fsp3) is 0. The van der Waals surface area contributed by atoms with Gasteiger partial charge in [0.1, 0.15) is 22.9 Å². The maximum atomic E-state index is 13.8. The lowest BCUT2D eigenvalue weighted by Gasteiger charge is -2.12. The van der Waals surface area contributed by atoms with Crippen LogP contribution in [0.3, 0.4) is 0 Å². The Kier molecular flexibility index (Phi) is 2.93. The lowest BCUT2D eigenvalue weighted by atomic mass is 9.96. The summed E-state index contributed by atoms with van der Waals surface area (Å²) in [6.45, 7) is 0. The van der Waals surface area contributed by atoms with Gasteiger partial charge in [0.2, 0.25) is 0 Å². The molecule has 6 nitrogen and oxygen atoms in total. The molecule has 0 aliphatic carbocycles. The number of nitrogens with zero attached hydrogens (tertiary/aromatic N) is 4. The number of halogens is 2. The number of hydrogen-bond donors (Lipinski definition) is 0. The van der Waals surface area contributed by atoms with Gasteiger partial charge in [-0.2, -0.15) is 0 Å². The van der Waals surface area contributed by atoms with Gasteiger partial charge < -0.3 is 0 Å². The molecule has 4 aromatic carbocycles. The van der Waals surface area contributed by atoms with Gasteiger partial charge in [-0.25, -0.2) is 18.7 Å². The summed E-state index contributed by atoms with van der Waals surface area (Å²) >= 11 is 0. The topological polar surface area (TPSA) is 68.7 Å². The predicted octanol–water partition coefficient (Wildman–Crippen LogP) is 4.62. The van der Waals surface area contributed by atoms with Crippen molar-refractivity contribution in [3.05, 3.63) is 93.0 Å². The highest BCUT2D eigenvalue weighted by Gasteiger charge is 2.22. The Balaban J connectivity index is 1.69. The SMILES string of the molecule is O=c1c2ccc3c4c(ccc(c24)c2nc4cc(F)ccc4n12)c(=O)n1c2ccc(F)cc2nc31. The second-order valence-corrected chi connectivity index (χ2v) is 8.49. The van der Waals surface area contributed by atoms with Gasteiger partial charge in [0.25, 0.3) is 11.1 Å². The second-order valence-electron chi connectivity index (χ2n) is 8.49. The molecule has 0 N–H and O–H groups in total. The van der Waals surface area contributed by atoms with E-state index in [-0.39, 0.29) is 11.1 Å². The number of hydrogen-bond acceptors (Lipinski definition) is 4. The molecule has 4 heterocycles. The molecule has 160 valence electrons. The van der Waals surface area contributed by atoms with E-state index < -0.39 is 11.6 Å². The third-order valence-corrected chi connectivity index (χ3v) is 6.74. The minimum Gasteiger partial charge on any atom is -0.268 e. The van der Waals surface area contributed by atoms with E-state index in [0.717, 1.165) is 0 Å². The third-order valence-electron chi connectivity index (χ3n) is 6.74. The Hall–Kier alpha value is -4.72. The highest BCUT2D eigenvalue weighted by molar-refractivity contribution is 6.27. The van der Waals surface area contributed by atoms with Crippen LogP contribution < -0.4 is 11.1 Å². The molecular formula is C26H10F2N4O2. The molecule has 0 aliphatic heterocycles. The number of aromatic nitrogens is 4. The number of benzene rings is 4. The van der Waals surface area contributed by atoms with Gasteiger partial charge in [-0.05, 0) is 48.5 Å². The molecule has 0 saturated heterocycles. The largest absolute Gasteiger partial charge is 0.268 e. The molecule has 0 atom stereocenters. The van der Waals surface area contributed by atoms with Gasteiger partial charge in [-0.1, -0.05) is 0 Å². The molecule has 0 amide bonds. The molecule has 0 bridgehead atoms. The van der Waals surface area contributed by atoms with Gasteiger partial charge in [-0.15, -0.1) is 0 Å². The summed E-state index contributed by atoms with van der Waals surface area (Å²) in [5.74, 6) is -0.878. The number of fused-ring (bicyclic) bond motifs is 8. The lowest BCUT2D eigenvalue weighted by Crippen LogP contribution is -2.16. The quantitative estimate of drug-likeness (QED) is 0.318. The van der Waals surface area contributed by atoms with Crippen LogP contribution in [-0.2, 0) is 0 Å². The molecule has 0 aliphatic rings. The van der Waals surface area contributed by atoms with E-state index in [2.05, 4.69) is 9.97 Å². The number of rotatable bonds is 0. The molecule has 0 spiro atoms. The van der Waals surface area contributed by atoms with E-state index in [1.54, 1.807) is 24.3 Å². The minimum atomic E-state index is -0.439. The smallest absolute Gasteiger partial charge is 0.264 e. The molecule has 0 radical (unpaired) electrons. The Bertz CT molecular complexity index is 2140. The van der Waals surface area contributed by atoms with Crippen LogP contribution in [0.5, 0.6) is 0 Å². The van der Waals surface area contributed by atoms with Gasteiger partial charge in [0, 0.05) is 44.5 Å². The summed E-state index contributed by atoms with van der Waals surface area (Å²) in [7, 11) is 0. The molecule has 34 heavy (non-hydrogen) atoms. The van der Waals surface area contributed by atoms with E-state index in [9.17, 15) is 18.4 Å². The summed E-state index contributed by atoms with van der Waals surface area (Å²) < 4.78 is 30.6. The average molecular weight is 448 g/mol. The summed E-state index contributed by atoms with van der Waals surface area (Å²) in [5, 5.41) is 3.43. The van der Waals surface area contributed by atoms with Crippen molar-refractivity contribution in [2.45, 2.75) is 0 Å². The van der Waals surface area contributed by atoms with E-state index >= 15 is 0 Å². The fourth-order valence-electron chi connectivity index (χ4n) is 5.34. The highest BCUT2D eigenvalue weighted by Crippen LogP contribution is 2.36. The highest BCUT2D eigenvalue weighted by atomic mass is 19.1. The normalized spacial score (nSPS) is 12.6. The molecule has 4 aromatic heterocycles. The monoisotopic (exact) mass is 448 g/mol. The van der Waals surface area contributed by atoms with Crippen LogP contribution in [0.25, 0.3) is 65.7 Å². The first-order chi connectivity index (χ1) is 16.5. The van der Waals surface area contributed by atoms with E-state index in [0.29, 0.717) is 65.7 Å². The second kappa shape index (κ2) is 5.60. The van der Waals surface area contributed by atoms with Gasteiger partial charge in [0.15, 0.2) is 0 Å². The molecule has 8 rings (SSSR count). The molecule has 0 unspecified atom stereocenters. The van der Waals surface area contributed by atoms with Crippen LogP contribution in [0, 0.1) is 11.6 Å². The summed E-state index contributed by atoms with van der Waals surface area (Å²) in [6, 6.07) is 15.2. The van der Waals surface area contributed by atoms with Gasteiger partial charge in [0.05, 0.1) is 22.1 Å². The third kappa shape index (κ3) is 1.91. The molecule has 8 heteroatoms. The summed E-state index contributed by atoms with van der Waals surface area (Å²) in [6.07, 6.45) is 0. The minimum absolute atomic E-state index is 0.297. The molecule has 8 aromatic rings. The van der Waals surface area contributed by atoms with Crippen molar-refractivity contribution in [2.24, 2.45) is 0 Å². The Morgan fingerprint density at radius 1 is 0.559 bits per heavy atom. The van der Waals surface area contributed by atoms with Gasteiger partial charge >= 0.3 is 0 Å². The maximum Gasteiger partial charge on any atom is 0.264 e.